The van der Waals surface area contributed by atoms with Gasteiger partial charge in [0.15, 0.2) is 23.0 Å². The molecule has 0 radical (unpaired) electrons. The van der Waals surface area contributed by atoms with E-state index in [2.05, 4.69) is 21.2 Å². The fraction of sp³-hybridized carbons (Fsp3) is 0.278. The van der Waals surface area contributed by atoms with Gasteiger partial charge in [0.05, 0.1) is 32.4 Å². The molecule has 25 heavy (non-hydrogen) atoms. The second-order valence-electron chi connectivity index (χ2n) is 4.95. The average Bonchev–Trinajstić information content (AvgIpc) is 2.62. The maximum Gasteiger partial charge on any atom is 0.255 e. The van der Waals surface area contributed by atoms with Gasteiger partial charge in [-0.1, -0.05) is 0 Å². The molecule has 2 aromatic carbocycles. The first kappa shape index (κ1) is 18.9. The van der Waals surface area contributed by atoms with Crippen molar-refractivity contribution in [1.82, 2.24) is 0 Å². The van der Waals surface area contributed by atoms with Crippen LogP contribution in [0.2, 0.25) is 0 Å². The van der Waals surface area contributed by atoms with E-state index in [1.807, 2.05) is 6.92 Å². The maximum atomic E-state index is 12.6. The van der Waals surface area contributed by atoms with Crippen LogP contribution in [0.4, 0.5) is 5.69 Å². The molecule has 0 heterocycles. The fourth-order valence-electron chi connectivity index (χ4n) is 2.25. The molecular formula is C18H20BrNO5. The van der Waals surface area contributed by atoms with Gasteiger partial charge in [-0.3, -0.25) is 4.79 Å². The summed E-state index contributed by atoms with van der Waals surface area (Å²) in [5.41, 5.74) is 1.02. The fourth-order valence-corrected chi connectivity index (χ4v) is 2.81. The lowest BCUT2D eigenvalue weighted by molar-refractivity contribution is 0.102. The first-order chi connectivity index (χ1) is 12.0. The first-order valence-electron chi connectivity index (χ1n) is 7.57. The van der Waals surface area contributed by atoms with Gasteiger partial charge in [-0.25, -0.2) is 0 Å². The van der Waals surface area contributed by atoms with E-state index >= 15 is 0 Å². The van der Waals surface area contributed by atoms with Crippen molar-refractivity contribution in [3.05, 3.63) is 40.4 Å². The quantitative estimate of drug-likeness (QED) is 0.744. The number of amides is 1. The zero-order valence-corrected chi connectivity index (χ0v) is 16.1. The van der Waals surface area contributed by atoms with Crippen molar-refractivity contribution in [2.75, 3.05) is 33.3 Å². The number of ether oxygens (including phenoxy) is 4. The van der Waals surface area contributed by atoms with E-state index in [1.54, 1.807) is 37.4 Å². The van der Waals surface area contributed by atoms with Crippen molar-refractivity contribution in [3.8, 4) is 23.0 Å². The first-order valence-corrected chi connectivity index (χ1v) is 8.37. The molecule has 0 aliphatic carbocycles. The highest BCUT2D eigenvalue weighted by Gasteiger charge is 2.16. The molecule has 134 valence electrons. The molecule has 6 nitrogen and oxygen atoms in total. The predicted molar refractivity (Wildman–Crippen MR) is 99.4 cm³/mol. The highest BCUT2D eigenvalue weighted by molar-refractivity contribution is 9.10. The minimum atomic E-state index is -0.283. The molecule has 0 atom stereocenters. The second kappa shape index (κ2) is 8.62. The van der Waals surface area contributed by atoms with Gasteiger partial charge < -0.3 is 24.3 Å². The summed E-state index contributed by atoms with van der Waals surface area (Å²) in [6.07, 6.45) is 0. The molecule has 0 bridgehead atoms. The zero-order valence-electron chi connectivity index (χ0n) is 14.5. The standard InChI is InChI=1S/C18H20BrNO5/c1-5-25-17-13(19)8-11(9-16(17)24-4)18(21)20-12-6-7-14(22-2)15(10-12)23-3/h6-10H,5H2,1-4H3,(H,20,21). The molecule has 0 saturated heterocycles. The summed E-state index contributed by atoms with van der Waals surface area (Å²) in [7, 11) is 4.62. The van der Waals surface area contributed by atoms with Gasteiger partial charge in [0.2, 0.25) is 0 Å². The minimum Gasteiger partial charge on any atom is -0.493 e. The Bertz CT molecular complexity index is 763. The molecule has 1 amide bonds. The van der Waals surface area contributed by atoms with Gasteiger partial charge in [0, 0.05) is 17.3 Å². The van der Waals surface area contributed by atoms with Crippen molar-refractivity contribution >= 4 is 27.5 Å². The lowest BCUT2D eigenvalue weighted by Crippen LogP contribution is -2.12. The number of nitrogens with one attached hydrogen (secondary N) is 1. The Balaban J connectivity index is 2.28. The SMILES string of the molecule is CCOc1c(Br)cc(C(=O)Nc2ccc(OC)c(OC)c2)cc1OC. The normalized spacial score (nSPS) is 10.1. The number of hydrogen-bond donors (Lipinski definition) is 1. The van der Waals surface area contributed by atoms with Crippen LogP contribution in [-0.2, 0) is 0 Å². The van der Waals surface area contributed by atoms with E-state index in [-0.39, 0.29) is 5.91 Å². The molecule has 2 aromatic rings. The van der Waals surface area contributed by atoms with Gasteiger partial charge >= 0.3 is 0 Å². The Morgan fingerprint density at radius 1 is 1.00 bits per heavy atom. The molecule has 0 spiro atoms. The summed E-state index contributed by atoms with van der Waals surface area (Å²) in [4.78, 5) is 12.6. The van der Waals surface area contributed by atoms with Crippen LogP contribution in [0.5, 0.6) is 23.0 Å². The van der Waals surface area contributed by atoms with Crippen LogP contribution in [-0.4, -0.2) is 33.8 Å². The molecule has 0 fully saturated rings. The average molecular weight is 410 g/mol. The number of hydrogen-bond acceptors (Lipinski definition) is 5. The largest absolute Gasteiger partial charge is 0.493 e. The predicted octanol–water partition coefficient (Wildman–Crippen LogP) is 4.13. The molecule has 0 aliphatic rings. The van der Waals surface area contributed by atoms with Gasteiger partial charge in [-0.15, -0.1) is 0 Å². The highest BCUT2D eigenvalue weighted by Crippen LogP contribution is 2.37. The number of rotatable bonds is 7. The Morgan fingerprint density at radius 2 is 1.68 bits per heavy atom. The molecule has 0 aliphatic heterocycles. The lowest BCUT2D eigenvalue weighted by Gasteiger charge is -2.14. The van der Waals surface area contributed by atoms with Crippen molar-refractivity contribution in [3.63, 3.8) is 0 Å². The molecule has 7 heteroatoms. The Kier molecular flexibility index (Phi) is 6.52. The molecule has 1 N–H and O–H groups in total. The summed E-state index contributed by atoms with van der Waals surface area (Å²) < 4.78 is 21.9. The van der Waals surface area contributed by atoms with Gasteiger partial charge in [-0.05, 0) is 47.1 Å². The lowest BCUT2D eigenvalue weighted by atomic mass is 10.1. The van der Waals surface area contributed by atoms with E-state index in [9.17, 15) is 4.79 Å². The smallest absolute Gasteiger partial charge is 0.255 e. The second-order valence-corrected chi connectivity index (χ2v) is 5.80. The summed E-state index contributed by atoms with van der Waals surface area (Å²) in [6.45, 7) is 2.37. The summed E-state index contributed by atoms with van der Waals surface area (Å²) in [5.74, 6) is 1.88. The molecule has 2 rings (SSSR count). The summed E-state index contributed by atoms with van der Waals surface area (Å²) in [6, 6.07) is 8.47. The van der Waals surface area contributed by atoms with Gasteiger partial charge in [-0.2, -0.15) is 0 Å². The van der Waals surface area contributed by atoms with Gasteiger partial charge in [0.25, 0.3) is 5.91 Å². The topological polar surface area (TPSA) is 66.0 Å². The Labute approximate surface area is 155 Å². The Hall–Kier alpha value is -2.41. The molecular weight excluding hydrogens is 390 g/mol. The number of carbonyl (C=O) groups excluding carboxylic acids is 1. The van der Waals surface area contributed by atoms with Crippen molar-refractivity contribution in [2.45, 2.75) is 6.92 Å². The Morgan fingerprint density at radius 3 is 2.28 bits per heavy atom. The number of methoxy groups -OCH3 is 3. The third-order valence-corrected chi connectivity index (χ3v) is 4.01. The van der Waals surface area contributed by atoms with Crippen LogP contribution < -0.4 is 24.3 Å². The van der Waals surface area contributed by atoms with Gasteiger partial charge in [0.1, 0.15) is 0 Å². The van der Waals surface area contributed by atoms with E-state index in [0.717, 1.165) is 0 Å². The monoisotopic (exact) mass is 409 g/mol. The van der Waals surface area contributed by atoms with Crippen LogP contribution in [0.3, 0.4) is 0 Å². The van der Waals surface area contributed by atoms with Crippen LogP contribution in [0.15, 0.2) is 34.8 Å². The number of anilines is 1. The van der Waals surface area contributed by atoms with Crippen molar-refractivity contribution in [1.29, 1.82) is 0 Å². The third-order valence-electron chi connectivity index (χ3n) is 3.42. The van der Waals surface area contributed by atoms with Crippen molar-refractivity contribution in [2.24, 2.45) is 0 Å². The number of halogens is 1. The summed E-state index contributed by atoms with van der Waals surface area (Å²) in [5, 5.41) is 2.82. The molecule has 0 aromatic heterocycles. The van der Waals surface area contributed by atoms with Crippen molar-refractivity contribution < 1.29 is 23.7 Å². The van der Waals surface area contributed by atoms with E-state index < -0.39 is 0 Å². The zero-order chi connectivity index (χ0) is 18.4. The van der Waals surface area contributed by atoms with E-state index in [0.29, 0.717) is 45.3 Å². The summed E-state index contributed by atoms with van der Waals surface area (Å²) >= 11 is 3.41. The van der Waals surface area contributed by atoms with Crippen LogP contribution in [0.25, 0.3) is 0 Å². The molecule has 0 unspecified atom stereocenters. The third kappa shape index (κ3) is 4.36. The van der Waals surface area contributed by atoms with E-state index in [1.165, 1.54) is 14.2 Å². The van der Waals surface area contributed by atoms with Crippen LogP contribution in [0.1, 0.15) is 17.3 Å². The maximum absolute atomic E-state index is 12.6. The van der Waals surface area contributed by atoms with Crippen LogP contribution in [0, 0.1) is 0 Å². The minimum absolute atomic E-state index is 0.283. The highest BCUT2D eigenvalue weighted by atomic mass is 79.9. The number of carbonyl (C=O) groups is 1. The van der Waals surface area contributed by atoms with E-state index in [4.69, 9.17) is 18.9 Å². The number of benzene rings is 2. The van der Waals surface area contributed by atoms with Crippen LogP contribution >= 0.6 is 15.9 Å². The molecule has 0 saturated carbocycles.